The lowest BCUT2D eigenvalue weighted by molar-refractivity contribution is 0.202. The number of rotatable bonds is 10. The molecule has 0 fully saturated rings. The zero-order chi connectivity index (χ0) is 31.3. The van der Waals surface area contributed by atoms with Crippen LogP contribution < -0.4 is 14.2 Å². The minimum Gasteiger partial charge on any atom is -0.473 e. The van der Waals surface area contributed by atoms with Crippen molar-refractivity contribution in [3.8, 4) is 34.4 Å². The van der Waals surface area contributed by atoms with E-state index in [9.17, 15) is 8.42 Å². The van der Waals surface area contributed by atoms with Gasteiger partial charge in [0.2, 0.25) is 5.88 Å². The second-order valence-corrected chi connectivity index (χ2v) is 13.7. The van der Waals surface area contributed by atoms with Crippen LogP contribution in [0.15, 0.2) is 101 Å². The number of halogens is 1. The molecule has 0 radical (unpaired) electrons. The van der Waals surface area contributed by atoms with Gasteiger partial charge in [-0.05, 0) is 51.5 Å². The molecule has 0 aliphatic rings. The summed E-state index contributed by atoms with van der Waals surface area (Å²) >= 11 is 3.30. The molecule has 226 valence electrons. The summed E-state index contributed by atoms with van der Waals surface area (Å²) in [5, 5.41) is 0. The Morgan fingerprint density at radius 3 is 2.07 bits per heavy atom. The molecular weight excluding hydrogens is 642 g/mol. The number of aryl methyl sites for hydroxylation is 1. The van der Waals surface area contributed by atoms with Gasteiger partial charge >= 0.3 is 6.01 Å². The predicted molar refractivity (Wildman–Crippen MR) is 174 cm³/mol. The highest BCUT2D eigenvalue weighted by Crippen LogP contribution is 2.38. The highest BCUT2D eigenvalue weighted by atomic mass is 79.9. The highest BCUT2D eigenvalue weighted by molar-refractivity contribution is 9.10. The van der Waals surface area contributed by atoms with Crippen molar-refractivity contribution in [2.45, 2.75) is 38.0 Å². The van der Waals surface area contributed by atoms with E-state index >= 15 is 0 Å². The summed E-state index contributed by atoms with van der Waals surface area (Å²) in [7, 11) is -4.04. The number of ether oxygens (including phenoxy) is 2. The average Bonchev–Trinajstić information content (AvgIpc) is 3.00. The van der Waals surface area contributed by atoms with Crippen LogP contribution >= 0.6 is 15.9 Å². The van der Waals surface area contributed by atoms with Crippen molar-refractivity contribution >= 4 is 31.8 Å². The molecule has 11 heteroatoms. The van der Waals surface area contributed by atoms with Crippen LogP contribution in [0.5, 0.6) is 11.9 Å². The number of nitrogens with one attached hydrogen (secondary N) is 1. The zero-order valence-corrected chi connectivity index (χ0v) is 27.2. The molecule has 3 aromatic carbocycles. The second kappa shape index (κ2) is 13.1. The minimum absolute atomic E-state index is 0.0873. The van der Waals surface area contributed by atoms with Crippen LogP contribution in [0.2, 0.25) is 0 Å². The van der Waals surface area contributed by atoms with Crippen LogP contribution in [0.25, 0.3) is 22.5 Å². The Balaban J connectivity index is 1.55. The maximum atomic E-state index is 13.8. The van der Waals surface area contributed by atoms with Crippen LogP contribution in [-0.4, -0.2) is 41.6 Å². The fourth-order valence-corrected chi connectivity index (χ4v) is 5.50. The molecule has 0 aliphatic heterocycles. The Morgan fingerprint density at radius 1 is 0.795 bits per heavy atom. The van der Waals surface area contributed by atoms with Gasteiger partial charge in [0.25, 0.3) is 10.0 Å². The molecule has 44 heavy (non-hydrogen) atoms. The van der Waals surface area contributed by atoms with Gasteiger partial charge in [0.05, 0.1) is 14.9 Å². The summed E-state index contributed by atoms with van der Waals surface area (Å²) in [4.78, 5) is 17.8. The Hall–Kier alpha value is -4.35. The molecule has 1 N–H and O–H groups in total. The lowest BCUT2D eigenvalue weighted by Gasteiger charge is -2.20. The van der Waals surface area contributed by atoms with Gasteiger partial charge in [0.1, 0.15) is 13.2 Å². The van der Waals surface area contributed by atoms with E-state index in [1.54, 1.807) is 24.5 Å². The molecule has 2 heterocycles. The third kappa shape index (κ3) is 7.59. The maximum Gasteiger partial charge on any atom is 0.316 e. The Kier molecular flexibility index (Phi) is 9.26. The van der Waals surface area contributed by atoms with E-state index in [0.29, 0.717) is 22.5 Å². The number of benzene rings is 3. The first kappa shape index (κ1) is 31.1. The van der Waals surface area contributed by atoms with Crippen LogP contribution in [-0.2, 0) is 15.4 Å². The number of sulfonamides is 1. The third-order valence-corrected chi connectivity index (χ3v) is 8.42. The molecule has 0 aliphatic carbocycles. The Bertz CT molecular complexity index is 1830. The van der Waals surface area contributed by atoms with Gasteiger partial charge < -0.3 is 9.47 Å². The van der Waals surface area contributed by atoms with Gasteiger partial charge in [-0.25, -0.2) is 23.4 Å². The number of hydrogen-bond donors (Lipinski definition) is 1. The number of nitrogens with zero attached hydrogens (tertiary/aromatic N) is 4. The van der Waals surface area contributed by atoms with E-state index in [1.165, 1.54) is 0 Å². The summed E-state index contributed by atoms with van der Waals surface area (Å²) in [6.07, 6.45) is 3.18. The molecule has 9 nitrogen and oxygen atoms in total. The van der Waals surface area contributed by atoms with E-state index < -0.39 is 10.0 Å². The van der Waals surface area contributed by atoms with Crippen molar-refractivity contribution in [3.05, 3.63) is 107 Å². The normalized spacial score (nSPS) is 11.7. The van der Waals surface area contributed by atoms with Gasteiger partial charge in [-0.1, -0.05) is 93.1 Å². The van der Waals surface area contributed by atoms with Crippen molar-refractivity contribution in [1.29, 1.82) is 0 Å². The maximum absolute atomic E-state index is 13.8. The predicted octanol–water partition coefficient (Wildman–Crippen LogP) is 7.23. The number of aromatic nitrogens is 4. The standard InChI is InChI=1S/C33H32BrN5O4S/c1-22-10-12-23(13-11-22)28-30(39-44(40,41)27-16-14-25(15-17-27)33(2,3)4)37-29(24-8-6-5-7-9-24)38-31(28)42-18-19-43-32-35-20-26(34)21-36-32/h5-17,20-21H,18-19H2,1-4H3,(H,37,38,39). The fraction of sp³-hybridized carbons (Fsp3) is 0.212. The summed E-state index contributed by atoms with van der Waals surface area (Å²) in [6.45, 7) is 8.42. The first-order valence-corrected chi connectivity index (χ1v) is 16.2. The van der Waals surface area contributed by atoms with Crippen molar-refractivity contribution < 1.29 is 17.9 Å². The topological polar surface area (TPSA) is 116 Å². The fourth-order valence-electron chi connectivity index (χ4n) is 4.28. The van der Waals surface area contributed by atoms with Gasteiger partial charge in [0.15, 0.2) is 11.6 Å². The Labute approximate surface area is 265 Å². The van der Waals surface area contributed by atoms with Crippen molar-refractivity contribution in [2.24, 2.45) is 0 Å². The molecule has 5 aromatic rings. The van der Waals surface area contributed by atoms with Gasteiger partial charge in [-0.3, -0.25) is 4.72 Å². The van der Waals surface area contributed by atoms with Crippen LogP contribution in [0, 0.1) is 6.92 Å². The molecule has 0 atom stereocenters. The molecule has 0 spiro atoms. The monoisotopic (exact) mass is 673 g/mol. The number of hydrogen-bond acceptors (Lipinski definition) is 8. The summed E-state index contributed by atoms with van der Waals surface area (Å²) < 4.78 is 42.8. The molecule has 5 rings (SSSR count). The number of anilines is 1. The van der Waals surface area contributed by atoms with Crippen molar-refractivity contribution in [3.63, 3.8) is 0 Å². The molecule has 0 amide bonds. The smallest absolute Gasteiger partial charge is 0.316 e. The van der Waals surface area contributed by atoms with E-state index in [1.807, 2.05) is 73.7 Å². The Morgan fingerprint density at radius 2 is 1.43 bits per heavy atom. The lowest BCUT2D eigenvalue weighted by atomic mass is 9.87. The van der Waals surface area contributed by atoms with Crippen LogP contribution in [0.1, 0.15) is 31.9 Å². The van der Waals surface area contributed by atoms with Gasteiger partial charge in [-0.2, -0.15) is 4.98 Å². The first-order chi connectivity index (χ1) is 21.0. The van der Waals surface area contributed by atoms with E-state index in [0.717, 1.165) is 15.6 Å². The second-order valence-electron chi connectivity index (χ2n) is 11.1. The van der Waals surface area contributed by atoms with Gasteiger partial charge in [-0.15, -0.1) is 0 Å². The molecule has 0 bridgehead atoms. The molecule has 2 aromatic heterocycles. The van der Waals surface area contributed by atoms with E-state index in [4.69, 9.17) is 19.4 Å². The van der Waals surface area contributed by atoms with Crippen molar-refractivity contribution in [2.75, 3.05) is 17.9 Å². The summed E-state index contributed by atoms with van der Waals surface area (Å²) in [6, 6.07) is 24.0. The summed E-state index contributed by atoms with van der Waals surface area (Å²) in [5.41, 5.74) is 3.73. The molecule has 0 saturated carbocycles. The molecular formula is C33H32BrN5O4S. The van der Waals surface area contributed by atoms with Crippen LogP contribution in [0.4, 0.5) is 5.82 Å². The van der Waals surface area contributed by atoms with Gasteiger partial charge in [0, 0.05) is 18.0 Å². The SMILES string of the molecule is Cc1ccc(-c2c(NS(=O)(=O)c3ccc(C(C)(C)C)cc3)nc(-c3ccccc3)nc2OCCOc2ncc(Br)cn2)cc1. The van der Waals surface area contributed by atoms with Crippen LogP contribution in [0.3, 0.4) is 0 Å². The largest absolute Gasteiger partial charge is 0.473 e. The molecule has 0 saturated heterocycles. The van der Waals surface area contributed by atoms with E-state index in [-0.39, 0.29) is 41.2 Å². The third-order valence-electron chi connectivity index (χ3n) is 6.66. The van der Waals surface area contributed by atoms with Crippen molar-refractivity contribution in [1.82, 2.24) is 19.9 Å². The lowest BCUT2D eigenvalue weighted by Crippen LogP contribution is -2.18. The minimum atomic E-state index is -4.04. The summed E-state index contributed by atoms with van der Waals surface area (Å²) in [5.74, 6) is 0.591. The zero-order valence-electron chi connectivity index (χ0n) is 24.8. The highest BCUT2D eigenvalue weighted by Gasteiger charge is 2.24. The van der Waals surface area contributed by atoms with E-state index in [2.05, 4.69) is 51.4 Å². The average molecular weight is 675 g/mol. The first-order valence-electron chi connectivity index (χ1n) is 13.9. The molecule has 0 unspecified atom stereocenters. The quantitative estimate of drug-likeness (QED) is 0.154.